The lowest BCUT2D eigenvalue weighted by Gasteiger charge is -2.26. The molecule has 0 amide bonds. The van der Waals surface area contributed by atoms with Crippen molar-refractivity contribution in [2.75, 3.05) is 18.0 Å². The van der Waals surface area contributed by atoms with E-state index in [9.17, 15) is 9.50 Å². The van der Waals surface area contributed by atoms with E-state index in [0.29, 0.717) is 5.56 Å². The third-order valence-corrected chi connectivity index (χ3v) is 2.95. The molecule has 1 aromatic carbocycles. The molecule has 0 spiro atoms. The molecule has 0 aliphatic rings. The van der Waals surface area contributed by atoms with E-state index < -0.39 is 6.10 Å². The van der Waals surface area contributed by atoms with Crippen molar-refractivity contribution < 1.29 is 9.50 Å². The number of aliphatic hydroxyl groups is 1. The molecule has 0 radical (unpaired) electrons. The Morgan fingerprint density at radius 1 is 1.35 bits per heavy atom. The second kappa shape index (κ2) is 6.60. The summed E-state index contributed by atoms with van der Waals surface area (Å²) in [5, 5.41) is 9.69. The van der Waals surface area contributed by atoms with Crippen molar-refractivity contribution in [1.82, 2.24) is 0 Å². The second-order valence-corrected chi connectivity index (χ2v) is 4.28. The molecule has 1 atom stereocenters. The first-order valence-corrected chi connectivity index (χ1v) is 6.33. The first kappa shape index (κ1) is 14.0. The van der Waals surface area contributed by atoms with Crippen LogP contribution in [0.3, 0.4) is 0 Å². The highest BCUT2D eigenvalue weighted by atomic mass is 19.1. The molecule has 0 bridgehead atoms. The van der Waals surface area contributed by atoms with Crippen LogP contribution >= 0.6 is 0 Å². The van der Waals surface area contributed by atoms with Crippen LogP contribution in [0.4, 0.5) is 10.1 Å². The second-order valence-electron chi connectivity index (χ2n) is 4.28. The van der Waals surface area contributed by atoms with Crippen molar-refractivity contribution in [3.05, 3.63) is 29.6 Å². The maximum atomic E-state index is 13.7. The van der Waals surface area contributed by atoms with Crippen molar-refractivity contribution in [2.45, 2.75) is 39.7 Å². The molecule has 0 saturated heterocycles. The highest BCUT2D eigenvalue weighted by Crippen LogP contribution is 2.29. The number of aliphatic hydroxyl groups excluding tert-OH is 1. The normalized spacial score (nSPS) is 12.5. The van der Waals surface area contributed by atoms with Crippen molar-refractivity contribution in [3.63, 3.8) is 0 Å². The number of unbranched alkanes of at least 4 members (excludes halogenated alkanes) is 1. The fourth-order valence-corrected chi connectivity index (χ4v) is 2.01. The van der Waals surface area contributed by atoms with Crippen LogP contribution in [0.5, 0.6) is 0 Å². The van der Waals surface area contributed by atoms with Gasteiger partial charge in [-0.1, -0.05) is 19.4 Å². The lowest BCUT2D eigenvalue weighted by atomic mass is 10.1. The summed E-state index contributed by atoms with van der Waals surface area (Å²) in [6.07, 6.45) is 1.40. The highest BCUT2D eigenvalue weighted by Gasteiger charge is 2.16. The van der Waals surface area contributed by atoms with E-state index in [4.69, 9.17) is 0 Å². The van der Waals surface area contributed by atoms with E-state index in [1.54, 1.807) is 13.0 Å². The molecule has 0 aliphatic heterocycles. The van der Waals surface area contributed by atoms with Crippen LogP contribution in [0, 0.1) is 5.82 Å². The molecule has 1 unspecified atom stereocenters. The number of anilines is 1. The van der Waals surface area contributed by atoms with Gasteiger partial charge in [0.25, 0.3) is 0 Å². The van der Waals surface area contributed by atoms with Crippen LogP contribution in [-0.4, -0.2) is 18.2 Å². The maximum Gasteiger partial charge on any atom is 0.131 e. The van der Waals surface area contributed by atoms with Crippen LogP contribution in [-0.2, 0) is 0 Å². The summed E-state index contributed by atoms with van der Waals surface area (Å²) in [5.41, 5.74) is 1.22. The molecule has 0 aliphatic carbocycles. The number of hydrogen-bond acceptors (Lipinski definition) is 2. The van der Waals surface area contributed by atoms with Crippen LogP contribution in [0.25, 0.3) is 0 Å². The van der Waals surface area contributed by atoms with Gasteiger partial charge in [0, 0.05) is 24.3 Å². The zero-order chi connectivity index (χ0) is 12.8. The molecule has 0 saturated carbocycles. The van der Waals surface area contributed by atoms with Crippen LogP contribution in [0.2, 0.25) is 0 Å². The minimum atomic E-state index is -0.776. The Bertz CT molecular complexity index is 352. The van der Waals surface area contributed by atoms with Gasteiger partial charge in [-0.2, -0.15) is 0 Å². The molecule has 96 valence electrons. The van der Waals surface area contributed by atoms with E-state index in [-0.39, 0.29) is 5.82 Å². The maximum absolute atomic E-state index is 13.7. The summed E-state index contributed by atoms with van der Waals surface area (Å²) in [5.74, 6) is -0.326. The molecule has 3 heteroatoms. The summed E-state index contributed by atoms with van der Waals surface area (Å²) in [6, 6.07) is 4.98. The molecule has 0 aromatic heterocycles. The lowest BCUT2D eigenvalue weighted by molar-refractivity contribution is 0.194. The van der Waals surface area contributed by atoms with Gasteiger partial charge in [-0.05, 0) is 32.4 Å². The van der Waals surface area contributed by atoms with Gasteiger partial charge < -0.3 is 10.0 Å². The molecule has 17 heavy (non-hydrogen) atoms. The molecule has 1 rings (SSSR count). The summed E-state index contributed by atoms with van der Waals surface area (Å²) in [7, 11) is 0. The standard InChI is InChI=1S/C14H22FNO/c1-4-6-10-16(5-2)13-9-7-8-12(15)14(13)11(3)17/h7-9,11,17H,4-6,10H2,1-3H3. The molecule has 0 heterocycles. The van der Waals surface area contributed by atoms with Gasteiger partial charge in [0.05, 0.1) is 6.10 Å². The van der Waals surface area contributed by atoms with Crippen LogP contribution in [0.15, 0.2) is 18.2 Å². The van der Waals surface area contributed by atoms with E-state index in [1.165, 1.54) is 6.07 Å². The van der Waals surface area contributed by atoms with Gasteiger partial charge >= 0.3 is 0 Å². The van der Waals surface area contributed by atoms with Crippen molar-refractivity contribution in [3.8, 4) is 0 Å². The fourth-order valence-electron chi connectivity index (χ4n) is 2.01. The number of halogens is 1. The Balaban J connectivity index is 3.05. The summed E-state index contributed by atoms with van der Waals surface area (Å²) in [6.45, 7) is 7.51. The third-order valence-electron chi connectivity index (χ3n) is 2.95. The Morgan fingerprint density at radius 2 is 2.06 bits per heavy atom. The quantitative estimate of drug-likeness (QED) is 0.821. The summed E-state index contributed by atoms with van der Waals surface area (Å²) < 4.78 is 13.7. The van der Waals surface area contributed by atoms with Gasteiger partial charge in [0.15, 0.2) is 0 Å². The number of rotatable bonds is 6. The predicted molar refractivity (Wildman–Crippen MR) is 69.8 cm³/mol. The minimum absolute atomic E-state index is 0.326. The highest BCUT2D eigenvalue weighted by molar-refractivity contribution is 5.55. The number of benzene rings is 1. The SMILES string of the molecule is CCCCN(CC)c1cccc(F)c1C(C)O. The topological polar surface area (TPSA) is 23.5 Å². The molecule has 1 aromatic rings. The monoisotopic (exact) mass is 239 g/mol. The third kappa shape index (κ3) is 3.43. The fraction of sp³-hybridized carbons (Fsp3) is 0.571. The van der Waals surface area contributed by atoms with Gasteiger partial charge in [-0.3, -0.25) is 0 Å². The molecule has 1 N–H and O–H groups in total. The number of nitrogens with zero attached hydrogens (tertiary/aromatic N) is 1. The Hall–Kier alpha value is -1.09. The molecular weight excluding hydrogens is 217 g/mol. The van der Waals surface area contributed by atoms with Gasteiger partial charge in [-0.15, -0.1) is 0 Å². The van der Waals surface area contributed by atoms with Crippen LogP contribution in [0.1, 0.15) is 45.3 Å². The lowest BCUT2D eigenvalue weighted by Crippen LogP contribution is -2.25. The first-order chi connectivity index (χ1) is 8.11. The largest absolute Gasteiger partial charge is 0.389 e. The van der Waals surface area contributed by atoms with E-state index in [2.05, 4.69) is 11.8 Å². The molecular formula is C14H22FNO. The molecule has 2 nitrogen and oxygen atoms in total. The zero-order valence-corrected chi connectivity index (χ0v) is 10.9. The zero-order valence-electron chi connectivity index (χ0n) is 10.9. The predicted octanol–water partition coefficient (Wildman–Crippen LogP) is 3.51. The Kier molecular flexibility index (Phi) is 5.42. The van der Waals surface area contributed by atoms with Crippen molar-refractivity contribution >= 4 is 5.69 Å². The summed E-state index contributed by atoms with van der Waals surface area (Å²) >= 11 is 0. The van der Waals surface area contributed by atoms with Gasteiger partial charge in [0.2, 0.25) is 0 Å². The average molecular weight is 239 g/mol. The van der Waals surface area contributed by atoms with Crippen molar-refractivity contribution in [2.24, 2.45) is 0 Å². The average Bonchev–Trinajstić information content (AvgIpc) is 2.29. The van der Waals surface area contributed by atoms with Gasteiger partial charge in [-0.25, -0.2) is 4.39 Å². The van der Waals surface area contributed by atoms with E-state index in [0.717, 1.165) is 31.6 Å². The Labute approximate surface area is 103 Å². The molecule has 0 fully saturated rings. The van der Waals surface area contributed by atoms with Crippen LogP contribution < -0.4 is 4.90 Å². The van der Waals surface area contributed by atoms with Crippen molar-refractivity contribution in [1.29, 1.82) is 0 Å². The minimum Gasteiger partial charge on any atom is -0.389 e. The number of hydrogen-bond donors (Lipinski definition) is 1. The first-order valence-electron chi connectivity index (χ1n) is 6.33. The van der Waals surface area contributed by atoms with E-state index in [1.807, 2.05) is 13.0 Å². The smallest absolute Gasteiger partial charge is 0.131 e. The summed E-state index contributed by atoms with van der Waals surface area (Å²) in [4.78, 5) is 2.12. The van der Waals surface area contributed by atoms with Gasteiger partial charge in [0.1, 0.15) is 5.82 Å². The Morgan fingerprint density at radius 3 is 2.59 bits per heavy atom. The van der Waals surface area contributed by atoms with E-state index >= 15 is 0 Å².